The molecule has 0 fully saturated rings. The van der Waals surface area contributed by atoms with Crippen LogP contribution in [0.25, 0.3) is 0 Å². The normalized spacial score (nSPS) is 13.8. The van der Waals surface area contributed by atoms with Crippen molar-refractivity contribution in [2.45, 2.75) is 43.3 Å². The van der Waals surface area contributed by atoms with Gasteiger partial charge in [0.05, 0.1) is 5.69 Å². The van der Waals surface area contributed by atoms with E-state index >= 15 is 0 Å². The van der Waals surface area contributed by atoms with Crippen LogP contribution in [0.1, 0.15) is 30.8 Å². The zero-order valence-electron chi connectivity index (χ0n) is 11.4. The zero-order valence-corrected chi connectivity index (χ0v) is 13.8. The largest absolute Gasteiger partial charge is 0.316 e. The van der Waals surface area contributed by atoms with Crippen molar-refractivity contribution in [2.75, 3.05) is 5.32 Å². The number of hydrogen-bond acceptors (Lipinski definition) is 5. The van der Waals surface area contributed by atoms with E-state index in [1.165, 1.54) is 17.0 Å². The number of thioether (sulfide) groups is 1. The lowest BCUT2D eigenvalue weighted by Gasteiger charge is -2.08. The summed E-state index contributed by atoms with van der Waals surface area (Å²) in [6.45, 7) is 4.33. The minimum absolute atomic E-state index is 0.516. The number of halogens is 1. The van der Waals surface area contributed by atoms with Gasteiger partial charge < -0.3 is 5.32 Å². The Labute approximate surface area is 132 Å². The molecule has 2 aromatic heterocycles. The third kappa shape index (κ3) is 3.27. The molecule has 106 valence electrons. The van der Waals surface area contributed by atoms with Crippen LogP contribution in [0.2, 0.25) is 5.15 Å². The molecule has 0 spiro atoms. The highest BCUT2D eigenvalue weighted by Gasteiger charge is 2.17. The Morgan fingerprint density at radius 2 is 2.15 bits per heavy atom. The molecule has 3 rings (SSSR count). The van der Waals surface area contributed by atoms with Gasteiger partial charge in [0.25, 0.3) is 0 Å². The number of hydrogen-bond donors (Lipinski definition) is 1. The lowest BCUT2D eigenvalue weighted by molar-refractivity contribution is 0.900. The average molecular weight is 326 g/mol. The summed E-state index contributed by atoms with van der Waals surface area (Å²) in [5.41, 5.74) is 1.25. The lowest BCUT2D eigenvalue weighted by Crippen LogP contribution is -1.95. The number of nitrogens with zero attached hydrogens (tertiary/aromatic N) is 2. The van der Waals surface area contributed by atoms with Crippen LogP contribution in [0.5, 0.6) is 0 Å². The molecule has 0 aromatic carbocycles. The van der Waals surface area contributed by atoms with E-state index in [1.807, 2.05) is 12.1 Å². The Hall–Kier alpha value is -0.780. The fraction of sp³-hybridized carbons (Fsp3) is 0.429. The van der Waals surface area contributed by atoms with Gasteiger partial charge in [0.15, 0.2) is 5.13 Å². The number of nitrogens with one attached hydrogen (secondary N) is 1. The van der Waals surface area contributed by atoms with Crippen LogP contribution in [0.3, 0.4) is 0 Å². The molecule has 0 unspecified atom stereocenters. The molecule has 0 amide bonds. The summed E-state index contributed by atoms with van der Waals surface area (Å²) in [5, 5.41) is 5.24. The third-order valence-electron chi connectivity index (χ3n) is 2.97. The molecule has 6 heteroatoms. The van der Waals surface area contributed by atoms with E-state index in [2.05, 4.69) is 29.1 Å². The molecular weight excluding hydrogens is 310 g/mol. The first-order valence-corrected chi connectivity index (χ1v) is 8.77. The minimum Gasteiger partial charge on any atom is -0.316 e. The Morgan fingerprint density at radius 3 is 2.90 bits per heavy atom. The van der Waals surface area contributed by atoms with Crippen molar-refractivity contribution in [3.05, 3.63) is 27.9 Å². The number of fused-ring (bicyclic) bond motifs is 1. The molecule has 1 aliphatic carbocycles. The fourth-order valence-electron chi connectivity index (χ4n) is 2.23. The van der Waals surface area contributed by atoms with Crippen molar-refractivity contribution in [3.8, 4) is 0 Å². The summed E-state index contributed by atoms with van der Waals surface area (Å²) in [7, 11) is 0. The van der Waals surface area contributed by atoms with Crippen LogP contribution >= 0.6 is 34.7 Å². The number of pyridine rings is 1. The highest BCUT2D eigenvalue weighted by atomic mass is 35.5. The van der Waals surface area contributed by atoms with Crippen molar-refractivity contribution < 1.29 is 0 Å². The molecule has 1 N–H and O–H groups in total. The second-order valence-corrected chi connectivity index (χ2v) is 8.17. The summed E-state index contributed by atoms with van der Waals surface area (Å²) < 4.78 is 0. The third-order valence-corrected chi connectivity index (χ3v) is 5.22. The van der Waals surface area contributed by atoms with E-state index in [0.717, 1.165) is 28.7 Å². The van der Waals surface area contributed by atoms with E-state index < -0.39 is 0 Å². The van der Waals surface area contributed by atoms with Crippen molar-refractivity contribution in [2.24, 2.45) is 0 Å². The SMILES string of the molecule is CC(C)Sc1cc(Cl)nc(Nc2nc3c(s2)CCC3)c1. The maximum Gasteiger partial charge on any atom is 0.188 e. The first kappa shape index (κ1) is 14.2. The number of aromatic nitrogens is 2. The number of aryl methyl sites for hydroxylation is 2. The quantitative estimate of drug-likeness (QED) is 0.639. The Morgan fingerprint density at radius 1 is 1.30 bits per heavy atom. The maximum absolute atomic E-state index is 6.09. The summed E-state index contributed by atoms with van der Waals surface area (Å²) in [6.07, 6.45) is 3.50. The highest BCUT2D eigenvalue weighted by molar-refractivity contribution is 7.99. The van der Waals surface area contributed by atoms with Gasteiger partial charge in [-0.3, -0.25) is 0 Å². The Bertz CT molecular complexity index is 603. The molecule has 20 heavy (non-hydrogen) atoms. The van der Waals surface area contributed by atoms with E-state index in [4.69, 9.17) is 11.6 Å². The van der Waals surface area contributed by atoms with Crippen molar-refractivity contribution in [3.63, 3.8) is 0 Å². The van der Waals surface area contributed by atoms with Gasteiger partial charge >= 0.3 is 0 Å². The molecule has 0 saturated heterocycles. The van der Waals surface area contributed by atoms with Crippen LogP contribution in [0, 0.1) is 0 Å². The van der Waals surface area contributed by atoms with Gasteiger partial charge in [-0.05, 0) is 31.4 Å². The summed E-state index contributed by atoms with van der Waals surface area (Å²) in [4.78, 5) is 11.5. The van der Waals surface area contributed by atoms with Crippen molar-refractivity contribution >= 4 is 45.6 Å². The van der Waals surface area contributed by atoms with Gasteiger partial charge in [0.1, 0.15) is 11.0 Å². The van der Waals surface area contributed by atoms with E-state index in [1.54, 1.807) is 23.1 Å². The fourth-order valence-corrected chi connectivity index (χ4v) is 4.46. The Kier molecular flexibility index (Phi) is 4.19. The smallest absolute Gasteiger partial charge is 0.188 e. The monoisotopic (exact) mass is 325 g/mol. The molecule has 3 nitrogen and oxygen atoms in total. The second-order valence-electron chi connectivity index (χ2n) is 5.04. The van der Waals surface area contributed by atoms with Crippen molar-refractivity contribution in [1.29, 1.82) is 0 Å². The maximum atomic E-state index is 6.09. The molecule has 0 saturated carbocycles. The molecule has 0 aliphatic heterocycles. The molecule has 0 atom stereocenters. The van der Waals surface area contributed by atoms with Gasteiger partial charge in [-0.15, -0.1) is 23.1 Å². The van der Waals surface area contributed by atoms with Crippen LogP contribution in [-0.4, -0.2) is 15.2 Å². The average Bonchev–Trinajstić information content (AvgIpc) is 2.87. The van der Waals surface area contributed by atoms with Crippen LogP contribution in [-0.2, 0) is 12.8 Å². The van der Waals surface area contributed by atoms with E-state index in [9.17, 15) is 0 Å². The number of rotatable bonds is 4. The standard InChI is InChI=1S/C14H16ClN3S2/c1-8(2)19-9-6-12(15)17-13(7-9)18-14-16-10-4-3-5-11(10)20-14/h6-8H,3-5H2,1-2H3,(H,16,17,18). The van der Waals surface area contributed by atoms with Gasteiger partial charge in [-0.1, -0.05) is 25.4 Å². The van der Waals surface area contributed by atoms with Crippen LogP contribution in [0.4, 0.5) is 10.9 Å². The van der Waals surface area contributed by atoms with Gasteiger partial charge in [0, 0.05) is 15.0 Å². The lowest BCUT2D eigenvalue weighted by atomic mass is 10.4. The summed E-state index contributed by atoms with van der Waals surface area (Å²) in [5.74, 6) is 0.771. The van der Waals surface area contributed by atoms with Gasteiger partial charge in [0.2, 0.25) is 0 Å². The molecule has 0 bridgehead atoms. The predicted molar refractivity (Wildman–Crippen MR) is 87.7 cm³/mol. The number of thiazole rings is 1. The molecular formula is C14H16ClN3S2. The van der Waals surface area contributed by atoms with Gasteiger partial charge in [-0.25, -0.2) is 9.97 Å². The zero-order chi connectivity index (χ0) is 14.1. The van der Waals surface area contributed by atoms with Gasteiger partial charge in [-0.2, -0.15) is 0 Å². The second kappa shape index (κ2) is 5.92. The first-order valence-electron chi connectivity index (χ1n) is 6.70. The Balaban J connectivity index is 1.80. The van der Waals surface area contributed by atoms with Crippen LogP contribution < -0.4 is 5.32 Å². The summed E-state index contributed by atoms with van der Waals surface area (Å²) in [6, 6.07) is 3.93. The highest BCUT2D eigenvalue weighted by Crippen LogP contribution is 2.33. The molecule has 1 aliphatic rings. The predicted octanol–water partition coefficient (Wildman–Crippen LogP) is 4.92. The van der Waals surface area contributed by atoms with E-state index in [0.29, 0.717) is 10.4 Å². The van der Waals surface area contributed by atoms with Crippen LogP contribution in [0.15, 0.2) is 17.0 Å². The van der Waals surface area contributed by atoms with Crippen molar-refractivity contribution in [1.82, 2.24) is 9.97 Å². The molecule has 0 radical (unpaired) electrons. The minimum atomic E-state index is 0.516. The molecule has 2 aromatic rings. The summed E-state index contributed by atoms with van der Waals surface area (Å²) >= 11 is 9.60. The van der Waals surface area contributed by atoms with E-state index in [-0.39, 0.29) is 0 Å². The molecule has 2 heterocycles. The number of anilines is 2. The first-order chi connectivity index (χ1) is 9.60. The topological polar surface area (TPSA) is 37.8 Å².